The van der Waals surface area contributed by atoms with Crippen molar-refractivity contribution in [2.24, 2.45) is 0 Å². The number of rotatable bonds is 3. The van der Waals surface area contributed by atoms with Crippen LogP contribution < -0.4 is 4.74 Å². The van der Waals surface area contributed by atoms with E-state index in [0.29, 0.717) is 30.1 Å². The van der Waals surface area contributed by atoms with E-state index in [-0.39, 0.29) is 18.3 Å². The number of aryl methyl sites for hydroxylation is 2. The van der Waals surface area contributed by atoms with Gasteiger partial charge in [0.15, 0.2) is 5.82 Å². The molecule has 1 aliphatic heterocycles. The van der Waals surface area contributed by atoms with Crippen LogP contribution in [0.4, 0.5) is 4.39 Å². The summed E-state index contributed by atoms with van der Waals surface area (Å²) >= 11 is 0. The summed E-state index contributed by atoms with van der Waals surface area (Å²) in [5, 5.41) is 8.13. The fourth-order valence-electron chi connectivity index (χ4n) is 3.21. The molecule has 8 nitrogen and oxygen atoms in total. The lowest BCUT2D eigenvalue weighted by Crippen LogP contribution is -2.39. The molecule has 0 aliphatic carbocycles. The molecule has 1 atom stereocenters. The molecule has 0 unspecified atom stereocenters. The molecule has 4 rings (SSSR count). The number of halogens is 1. The summed E-state index contributed by atoms with van der Waals surface area (Å²) in [6.07, 6.45) is 2.61. The van der Waals surface area contributed by atoms with E-state index in [9.17, 15) is 9.18 Å². The fourth-order valence-corrected chi connectivity index (χ4v) is 3.21. The Balaban J connectivity index is 1.64. The summed E-state index contributed by atoms with van der Waals surface area (Å²) in [5.74, 6) is -0.395. The average Bonchev–Trinajstić information content (AvgIpc) is 3.17. The lowest BCUT2D eigenvalue weighted by atomic mass is 10.1. The van der Waals surface area contributed by atoms with Crippen LogP contribution in [-0.4, -0.2) is 43.4 Å². The molecule has 1 amide bonds. The lowest BCUT2D eigenvalue weighted by Gasteiger charge is -2.24. The van der Waals surface area contributed by atoms with Crippen LogP contribution in [0, 0.1) is 19.7 Å². The molecule has 1 aliphatic rings. The summed E-state index contributed by atoms with van der Waals surface area (Å²) < 4.78 is 26.6. The number of fused-ring (bicyclic) bond motifs is 1. The normalized spacial score (nSPS) is 16.7. The highest BCUT2D eigenvalue weighted by molar-refractivity contribution is 5.96. The van der Waals surface area contributed by atoms with Crippen LogP contribution in [0.25, 0.3) is 0 Å². The minimum atomic E-state index is -0.550. The van der Waals surface area contributed by atoms with Crippen LogP contribution in [0.15, 0.2) is 35.1 Å². The van der Waals surface area contributed by atoms with Crippen molar-refractivity contribution in [1.82, 2.24) is 24.8 Å². The van der Waals surface area contributed by atoms with Crippen molar-refractivity contribution < 1.29 is 18.4 Å². The lowest BCUT2D eigenvalue weighted by molar-refractivity contribution is 0.0636. The number of hydrogen-bond acceptors (Lipinski definition) is 6. The highest BCUT2D eigenvalue weighted by Gasteiger charge is 2.30. The van der Waals surface area contributed by atoms with E-state index in [4.69, 9.17) is 9.26 Å². The van der Waals surface area contributed by atoms with Gasteiger partial charge in [-0.2, -0.15) is 5.10 Å². The van der Waals surface area contributed by atoms with Crippen molar-refractivity contribution in [1.29, 1.82) is 0 Å². The standard InChI is InChI=1S/C18H18FN5O3/c1-11-16(12(2)27-22-11)18(25)23-8-13-5-7-21-24(13)10-14(9-23)26-17-15(19)4-3-6-20-17/h3-7,14H,8-10H2,1-2H3/t14-/m0/s1. The fraction of sp³-hybridized carbons (Fsp3) is 0.333. The van der Waals surface area contributed by atoms with Crippen molar-refractivity contribution in [2.75, 3.05) is 6.54 Å². The van der Waals surface area contributed by atoms with Gasteiger partial charge >= 0.3 is 0 Å². The molecule has 140 valence electrons. The zero-order chi connectivity index (χ0) is 19.0. The van der Waals surface area contributed by atoms with Crippen molar-refractivity contribution in [3.05, 3.63) is 59.1 Å². The number of carbonyl (C=O) groups excluding carboxylic acids is 1. The summed E-state index contributed by atoms with van der Waals surface area (Å²) in [4.78, 5) is 18.7. The molecule has 3 aromatic rings. The first-order valence-electron chi connectivity index (χ1n) is 8.53. The Kier molecular flexibility index (Phi) is 4.35. The number of pyridine rings is 1. The van der Waals surface area contributed by atoms with Crippen LogP contribution >= 0.6 is 0 Å². The van der Waals surface area contributed by atoms with Gasteiger partial charge in [0.05, 0.1) is 31.0 Å². The van der Waals surface area contributed by atoms with Crippen LogP contribution in [0.3, 0.4) is 0 Å². The number of hydrogen-bond donors (Lipinski definition) is 0. The van der Waals surface area contributed by atoms with Crippen molar-refractivity contribution >= 4 is 5.91 Å². The first kappa shape index (κ1) is 17.2. The molecule has 0 saturated carbocycles. The zero-order valence-corrected chi connectivity index (χ0v) is 14.9. The van der Waals surface area contributed by atoms with Gasteiger partial charge in [0.1, 0.15) is 17.4 Å². The Morgan fingerprint density at radius 1 is 1.30 bits per heavy atom. The first-order chi connectivity index (χ1) is 13.0. The molecule has 0 fully saturated rings. The maximum atomic E-state index is 14.0. The maximum absolute atomic E-state index is 14.0. The van der Waals surface area contributed by atoms with E-state index in [1.165, 1.54) is 18.3 Å². The maximum Gasteiger partial charge on any atom is 0.259 e. The third kappa shape index (κ3) is 3.27. The Labute approximate surface area is 154 Å². The Morgan fingerprint density at radius 3 is 2.89 bits per heavy atom. The van der Waals surface area contributed by atoms with E-state index >= 15 is 0 Å². The SMILES string of the molecule is Cc1noc(C)c1C(=O)N1Cc2ccnn2C[C@@H](Oc2ncccc2F)C1. The first-order valence-corrected chi connectivity index (χ1v) is 8.53. The van der Waals surface area contributed by atoms with Crippen molar-refractivity contribution in [3.63, 3.8) is 0 Å². The Bertz CT molecular complexity index is 964. The number of carbonyl (C=O) groups is 1. The van der Waals surface area contributed by atoms with Crippen molar-refractivity contribution in [2.45, 2.75) is 33.0 Å². The summed E-state index contributed by atoms with van der Waals surface area (Å²) in [7, 11) is 0. The van der Waals surface area contributed by atoms with E-state index in [0.717, 1.165) is 5.69 Å². The van der Waals surface area contributed by atoms with Crippen molar-refractivity contribution in [3.8, 4) is 5.88 Å². The molecule has 3 aromatic heterocycles. The van der Waals surface area contributed by atoms with Gasteiger partial charge in [0, 0.05) is 12.4 Å². The largest absolute Gasteiger partial charge is 0.468 e. The predicted octanol–water partition coefficient (Wildman–Crippen LogP) is 2.13. The summed E-state index contributed by atoms with van der Waals surface area (Å²) in [6.45, 7) is 4.41. The Hall–Kier alpha value is -3.23. The molecular formula is C18H18FN5O3. The minimum Gasteiger partial charge on any atom is -0.468 e. The minimum absolute atomic E-state index is 0.0946. The molecule has 0 bridgehead atoms. The Morgan fingerprint density at radius 2 is 2.15 bits per heavy atom. The van der Waals surface area contributed by atoms with E-state index in [2.05, 4.69) is 15.2 Å². The number of nitrogens with zero attached hydrogens (tertiary/aromatic N) is 5. The van der Waals surface area contributed by atoms with Gasteiger partial charge in [-0.05, 0) is 32.0 Å². The summed E-state index contributed by atoms with van der Waals surface area (Å²) in [5.41, 5.74) is 1.83. The van der Waals surface area contributed by atoms with Crippen LogP contribution in [0.1, 0.15) is 27.5 Å². The third-order valence-electron chi connectivity index (χ3n) is 4.50. The van der Waals surface area contributed by atoms with E-state index < -0.39 is 11.9 Å². The van der Waals surface area contributed by atoms with E-state index in [1.54, 1.807) is 29.6 Å². The molecule has 0 spiro atoms. The smallest absolute Gasteiger partial charge is 0.259 e. The molecule has 0 radical (unpaired) electrons. The molecule has 4 heterocycles. The van der Waals surface area contributed by atoms with Gasteiger partial charge < -0.3 is 14.2 Å². The van der Waals surface area contributed by atoms with E-state index in [1.807, 2.05) is 6.07 Å². The predicted molar refractivity (Wildman–Crippen MR) is 91.6 cm³/mol. The van der Waals surface area contributed by atoms with Crippen LogP contribution in [-0.2, 0) is 13.1 Å². The highest BCUT2D eigenvalue weighted by atomic mass is 19.1. The third-order valence-corrected chi connectivity index (χ3v) is 4.50. The molecule has 0 saturated heterocycles. The topological polar surface area (TPSA) is 86.3 Å². The summed E-state index contributed by atoms with van der Waals surface area (Å²) in [6, 6.07) is 4.62. The van der Waals surface area contributed by atoms with Gasteiger partial charge in [-0.15, -0.1) is 0 Å². The molecule has 0 N–H and O–H groups in total. The second-order valence-electron chi connectivity index (χ2n) is 6.42. The zero-order valence-electron chi connectivity index (χ0n) is 14.9. The second kappa shape index (κ2) is 6.82. The average molecular weight is 371 g/mol. The molecule has 27 heavy (non-hydrogen) atoms. The molecular weight excluding hydrogens is 353 g/mol. The van der Waals surface area contributed by atoms with Crippen LogP contribution in [0.5, 0.6) is 5.88 Å². The van der Waals surface area contributed by atoms with Gasteiger partial charge in [0.2, 0.25) is 0 Å². The second-order valence-corrected chi connectivity index (χ2v) is 6.42. The number of amides is 1. The number of ether oxygens (including phenoxy) is 1. The highest BCUT2D eigenvalue weighted by Crippen LogP contribution is 2.22. The van der Waals surface area contributed by atoms with Gasteiger partial charge in [0.25, 0.3) is 11.8 Å². The quantitative estimate of drug-likeness (QED) is 0.701. The monoisotopic (exact) mass is 371 g/mol. The van der Waals surface area contributed by atoms with Crippen LogP contribution in [0.2, 0.25) is 0 Å². The molecule has 9 heteroatoms. The van der Waals surface area contributed by atoms with Gasteiger partial charge in [-0.25, -0.2) is 9.37 Å². The molecule has 0 aromatic carbocycles. The van der Waals surface area contributed by atoms with Gasteiger partial charge in [-0.1, -0.05) is 5.16 Å². The number of aromatic nitrogens is 4. The van der Waals surface area contributed by atoms with Gasteiger partial charge in [-0.3, -0.25) is 9.48 Å².